The normalized spacial score (nSPS) is 10.4. The third-order valence-electron chi connectivity index (χ3n) is 2.51. The van der Waals surface area contributed by atoms with E-state index in [9.17, 15) is 9.18 Å². The Morgan fingerprint density at radius 1 is 1.37 bits per heavy atom. The summed E-state index contributed by atoms with van der Waals surface area (Å²) in [6.45, 7) is 0.564. The van der Waals surface area contributed by atoms with E-state index in [2.05, 4.69) is 5.32 Å². The molecule has 1 aromatic heterocycles. The molecule has 0 saturated carbocycles. The van der Waals surface area contributed by atoms with Gasteiger partial charge in [-0.3, -0.25) is 4.79 Å². The maximum absolute atomic E-state index is 13.0. The number of nitrogens with one attached hydrogen (secondary N) is 1. The van der Waals surface area contributed by atoms with Crippen molar-refractivity contribution in [3.05, 3.63) is 59.3 Å². The van der Waals surface area contributed by atoms with Crippen LogP contribution in [0.5, 0.6) is 0 Å². The Bertz CT molecular complexity index is 565. The topological polar surface area (TPSA) is 51.5 Å². The van der Waals surface area contributed by atoms with Gasteiger partial charge < -0.3 is 14.5 Å². The second kappa shape index (κ2) is 6.15. The zero-order valence-corrected chi connectivity index (χ0v) is 10.5. The predicted octanol–water partition coefficient (Wildman–Crippen LogP) is 2.50. The molecule has 0 atom stereocenters. The van der Waals surface area contributed by atoms with Gasteiger partial charge in [0.25, 0.3) is 5.91 Å². The molecular weight excluding hydrogens is 249 g/mol. The number of halogens is 1. The first-order chi connectivity index (χ1) is 9.19. The second-order valence-electron chi connectivity index (χ2n) is 4.01. The Morgan fingerprint density at radius 3 is 2.95 bits per heavy atom. The molecule has 0 saturated heterocycles. The molecule has 1 amide bonds. The van der Waals surface area contributed by atoms with Gasteiger partial charge in [0.2, 0.25) is 0 Å². The standard InChI is InChI=1S/C14H14FNO3/c1-18-9-12-5-6-13(19-12)14(17)16-8-10-3-2-4-11(15)7-10/h2-7H,8-9H2,1H3,(H,16,17). The monoisotopic (exact) mass is 263 g/mol. The maximum atomic E-state index is 13.0. The van der Waals surface area contributed by atoms with E-state index < -0.39 is 0 Å². The third-order valence-corrected chi connectivity index (χ3v) is 2.51. The Balaban J connectivity index is 1.93. The molecule has 0 radical (unpaired) electrons. The van der Waals surface area contributed by atoms with Gasteiger partial charge in [0.15, 0.2) is 5.76 Å². The number of methoxy groups -OCH3 is 1. The molecule has 1 aromatic carbocycles. The Kier molecular flexibility index (Phi) is 4.30. The molecule has 19 heavy (non-hydrogen) atoms. The summed E-state index contributed by atoms with van der Waals surface area (Å²) >= 11 is 0. The summed E-state index contributed by atoms with van der Waals surface area (Å²) in [5, 5.41) is 2.66. The van der Waals surface area contributed by atoms with E-state index in [-0.39, 0.29) is 24.0 Å². The average molecular weight is 263 g/mol. The van der Waals surface area contributed by atoms with E-state index in [1.54, 1.807) is 31.4 Å². The first-order valence-corrected chi connectivity index (χ1v) is 5.79. The van der Waals surface area contributed by atoms with Crippen molar-refractivity contribution in [1.29, 1.82) is 0 Å². The van der Waals surface area contributed by atoms with Crippen molar-refractivity contribution in [2.24, 2.45) is 0 Å². The highest BCUT2D eigenvalue weighted by Gasteiger charge is 2.10. The fourth-order valence-electron chi connectivity index (χ4n) is 1.64. The lowest BCUT2D eigenvalue weighted by Gasteiger charge is -2.03. The van der Waals surface area contributed by atoms with E-state index in [4.69, 9.17) is 9.15 Å². The van der Waals surface area contributed by atoms with Crippen LogP contribution in [-0.4, -0.2) is 13.0 Å². The lowest BCUT2D eigenvalue weighted by Crippen LogP contribution is -2.22. The summed E-state index contributed by atoms with van der Waals surface area (Å²) < 4.78 is 23.1. The van der Waals surface area contributed by atoms with Crippen LogP contribution < -0.4 is 5.32 Å². The van der Waals surface area contributed by atoms with Crippen LogP contribution in [0.15, 0.2) is 40.8 Å². The second-order valence-corrected chi connectivity index (χ2v) is 4.01. The fourth-order valence-corrected chi connectivity index (χ4v) is 1.64. The zero-order chi connectivity index (χ0) is 13.7. The molecule has 2 rings (SSSR count). The highest BCUT2D eigenvalue weighted by Crippen LogP contribution is 2.09. The summed E-state index contributed by atoms with van der Waals surface area (Å²) in [5.74, 6) is 0.126. The van der Waals surface area contributed by atoms with Crippen LogP contribution in [0.4, 0.5) is 4.39 Å². The summed E-state index contributed by atoms with van der Waals surface area (Å²) in [5.41, 5.74) is 0.692. The molecule has 2 aromatic rings. The average Bonchev–Trinajstić information content (AvgIpc) is 2.85. The number of benzene rings is 1. The number of hydrogen-bond acceptors (Lipinski definition) is 3. The van der Waals surface area contributed by atoms with Crippen LogP contribution in [0.1, 0.15) is 21.9 Å². The van der Waals surface area contributed by atoms with Gasteiger partial charge >= 0.3 is 0 Å². The molecule has 100 valence electrons. The molecule has 1 N–H and O–H groups in total. The van der Waals surface area contributed by atoms with Crippen LogP contribution in [0, 0.1) is 5.82 Å². The van der Waals surface area contributed by atoms with Gasteiger partial charge in [0.1, 0.15) is 18.2 Å². The molecule has 1 heterocycles. The van der Waals surface area contributed by atoms with E-state index in [0.29, 0.717) is 17.9 Å². The van der Waals surface area contributed by atoms with Gasteiger partial charge in [-0.1, -0.05) is 12.1 Å². The van der Waals surface area contributed by atoms with E-state index in [0.717, 1.165) is 0 Å². The maximum Gasteiger partial charge on any atom is 0.287 e. The molecular formula is C14H14FNO3. The minimum absolute atomic E-state index is 0.212. The number of ether oxygens (including phenoxy) is 1. The summed E-state index contributed by atoms with van der Waals surface area (Å²) in [6.07, 6.45) is 0. The highest BCUT2D eigenvalue weighted by atomic mass is 19.1. The molecule has 0 bridgehead atoms. The predicted molar refractivity (Wildman–Crippen MR) is 67.0 cm³/mol. The SMILES string of the molecule is COCc1ccc(C(=O)NCc2cccc(F)c2)o1. The lowest BCUT2D eigenvalue weighted by atomic mass is 10.2. The van der Waals surface area contributed by atoms with Crippen molar-refractivity contribution in [3.8, 4) is 0 Å². The minimum atomic E-state index is -0.341. The van der Waals surface area contributed by atoms with E-state index >= 15 is 0 Å². The molecule has 0 aliphatic rings. The Hall–Kier alpha value is -2.14. The van der Waals surface area contributed by atoms with Crippen molar-refractivity contribution in [2.45, 2.75) is 13.2 Å². The van der Waals surface area contributed by atoms with Crippen molar-refractivity contribution in [1.82, 2.24) is 5.32 Å². The Labute approximate surface area is 110 Å². The van der Waals surface area contributed by atoms with E-state index in [1.807, 2.05) is 0 Å². The number of rotatable bonds is 5. The molecule has 0 fully saturated rings. The number of furan rings is 1. The molecule has 5 heteroatoms. The van der Waals surface area contributed by atoms with Crippen molar-refractivity contribution >= 4 is 5.91 Å². The number of amides is 1. The van der Waals surface area contributed by atoms with Gasteiger partial charge in [-0.2, -0.15) is 0 Å². The van der Waals surface area contributed by atoms with Crippen LogP contribution in [0.3, 0.4) is 0 Å². The molecule has 0 spiro atoms. The fraction of sp³-hybridized carbons (Fsp3) is 0.214. The highest BCUT2D eigenvalue weighted by molar-refractivity contribution is 5.91. The van der Waals surface area contributed by atoms with Gasteiger partial charge in [-0.25, -0.2) is 4.39 Å². The molecule has 0 unspecified atom stereocenters. The Morgan fingerprint density at radius 2 is 2.21 bits per heavy atom. The van der Waals surface area contributed by atoms with Gasteiger partial charge in [0.05, 0.1) is 0 Å². The molecule has 0 aliphatic heterocycles. The largest absolute Gasteiger partial charge is 0.453 e. The van der Waals surface area contributed by atoms with Crippen molar-refractivity contribution in [2.75, 3.05) is 7.11 Å². The van der Waals surface area contributed by atoms with Gasteiger partial charge in [-0.05, 0) is 29.8 Å². The number of carbonyl (C=O) groups excluding carboxylic acids is 1. The summed E-state index contributed by atoms with van der Waals surface area (Å²) in [7, 11) is 1.55. The number of hydrogen-bond donors (Lipinski definition) is 1. The zero-order valence-electron chi connectivity index (χ0n) is 10.5. The molecule has 0 aliphatic carbocycles. The van der Waals surface area contributed by atoms with Crippen LogP contribution in [-0.2, 0) is 17.9 Å². The quantitative estimate of drug-likeness (QED) is 0.901. The van der Waals surface area contributed by atoms with Crippen LogP contribution in [0.2, 0.25) is 0 Å². The summed E-state index contributed by atoms with van der Waals surface area (Å²) in [4.78, 5) is 11.8. The van der Waals surface area contributed by atoms with E-state index in [1.165, 1.54) is 12.1 Å². The van der Waals surface area contributed by atoms with Crippen LogP contribution in [0.25, 0.3) is 0 Å². The van der Waals surface area contributed by atoms with Crippen LogP contribution >= 0.6 is 0 Å². The lowest BCUT2D eigenvalue weighted by molar-refractivity contribution is 0.0914. The number of carbonyl (C=O) groups is 1. The van der Waals surface area contributed by atoms with Crippen molar-refractivity contribution < 1.29 is 18.3 Å². The van der Waals surface area contributed by atoms with Gasteiger partial charge in [0, 0.05) is 13.7 Å². The third kappa shape index (κ3) is 3.66. The van der Waals surface area contributed by atoms with Gasteiger partial charge in [-0.15, -0.1) is 0 Å². The minimum Gasteiger partial charge on any atom is -0.453 e. The summed E-state index contributed by atoms with van der Waals surface area (Å²) in [6, 6.07) is 9.33. The first kappa shape index (κ1) is 13.3. The molecule has 4 nitrogen and oxygen atoms in total. The van der Waals surface area contributed by atoms with Crippen molar-refractivity contribution in [3.63, 3.8) is 0 Å². The first-order valence-electron chi connectivity index (χ1n) is 5.79. The smallest absolute Gasteiger partial charge is 0.287 e.